The van der Waals surface area contributed by atoms with Gasteiger partial charge in [0.1, 0.15) is 0 Å². The van der Waals surface area contributed by atoms with E-state index in [1.807, 2.05) is 6.07 Å². The first-order valence-electron chi connectivity index (χ1n) is 4.99. The van der Waals surface area contributed by atoms with Gasteiger partial charge in [-0.2, -0.15) is 0 Å². The van der Waals surface area contributed by atoms with Gasteiger partial charge in [-0.1, -0.05) is 0 Å². The molecule has 0 heterocycles. The van der Waals surface area contributed by atoms with Gasteiger partial charge >= 0.3 is 94.0 Å². The van der Waals surface area contributed by atoms with Crippen LogP contribution in [0.3, 0.4) is 0 Å². The van der Waals surface area contributed by atoms with Crippen molar-refractivity contribution in [2.24, 2.45) is 0 Å². The van der Waals surface area contributed by atoms with E-state index in [0.29, 0.717) is 4.61 Å². The number of nitrogens with one attached hydrogen (secondary N) is 1. The van der Waals surface area contributed by atoms with E-state index in [1.165, 1.54) is 16.7 Å². The first-order chi connectivity index (χ1) is 6.61. The van der Waals surface area contributed by atoms with Crippen molar-refractivity contribution in [3.63, 3.8) is 0 Å². The average Bonchev–Trinajstić information content (AvgIpc) is 2.16. The minimum absolute atomic E-state index is 0.552. The van der Waals surface area contributed by atoms with Gasteiger partial charge in [0.15, 0.2) is 0 Å². The summed E-state index contributed by atoms with van der Waals surface area (Å²) in [6, 6.07) is 4.16. The summed E-state index contributed by atoms with van der Waals surface area (Å²) in [4.78, 5) is 0. The summed E-state index contributed by atoms with van der Waals surface area (Å²) in [6.07, 6.45) is 2.06. The third-order valence-electron chi connectivity index (χ3n) is 2.62. The second kappa shape index (κ2) is 4.77. The Balaban J connectivity index is 3.40. The second-order valence-corrected chi connectivity index (χ2v) is 4.28. The van der Waals surface area contributed by atoms with E-state index in [0.717, 1.165) is 18.4 Å². The van der Waals surface area contributed by atoms with E-state index in [4.69, 9.17) is 5.41 Å². The Hall–Kier alpha value is -0.591. The fourth-order valence-electron chi connectivity index (χ4n) is 1.92. The van der Waals surface area contributed by atoms with E-state index in [9.17, 15) is 0 Å². The van der Waals surface area contributed by atoms with Gasteiger partial charge in [-0.25, -0.2) is 0 Å². The normalized spacial score (nSPS) is 10.2. The van der Waals surface area contributed by atoms with Crippen LogP contribution in [0.1, 0.15) is 36.1 Å². The molecule has 0 fully saturated rings. The zero-order valence-corrected chi connectivity index (χ0v) is 10.7. The standard InChI is InChI=1S/C12H16NSe/c1-4-9-8(3)6-7-11(12(13)14)10(9)5-2/h6-7,13H,4-5H2,1-3H3. The molecule has 0 bridgehead atoms. The maximum absolute atomic E-state index is 7.67. The summed E-state index contributed by atoms with van der Waals surface area (Å²) < 4.78 is 0.552. The van der Waals surface area contributed by atoms with Crippen LogP contribution in [0.25, 0.3) is 0 Å². The molecular formula is C12H16NSe. The molecule has 0 aromatic heterocycles. The zero-order valence-electron chi connectivity index (χ0n) is 8.98. The third kappa shape index (κ3) is 2.07. The predicted molar refractivity (Wildman–Crippen MR) is 62.5 cm³/mol. The maximum atomic E-state index is 7.67. The number of rotatable bonds is 3. The molecule has 1 aromatic carbocycles. The van der Waals surface area contributed by atoms with Crippen LogP contribution in [0.2, 0.25) is 0 Å². The molecule has 14 heavy (non-hydrogen) atoms. The van der Waals surface area contributed by atoms with Gasteiger partial charge in [0.05, 0.1) is 0 Å². The van der Waals surface area contributed by atoms with Crippen molar-refractivity contribution in [3.8, 4) is 0 Å². The van der Waals surface area contributed by atoms with Crippen molar-refractivity contribution < 1.29 is 0 Å². The Labute approximate surface area is 94.2 Å². The van der Waals surface area contributed by atoms with Crippen molar-refractivity contribution in [1.29, 1.82) is 5.41 Å². The van der Waals surface area contributed by atoms with Crippen molar-refractivity contribution in [3.05, 3.63) is 34.4 Å². The van der Waals surface area contributed by atoms with Crippen molar-refractivity contribution in [1.82, 2.24) is 0 Å². The van der Waals surface area contributed by atoms with Crippen LogP contribution in [0.4, 0.5) is 0 Å². The van der Waals surface area contributed by atoms with E-state index < -0.39 is 0 Å². The van der Waals surface area contributed by atoms with Crippen molar-refractivity contribution in [2.75, 3.05) is 0 Å². The summed E-state index contributed by atoms with van der Waals surface area (Å²) in [7, 11) is 0. The van der Waals surface area contributed by atoms with E-state index in [2.05, 4.69) is 42.9 Å². The van der Waals surface area contributed by atoms with Crippen LogP contribution < -0.4 is 0 Å². The molecule has 0 aliphatic carbocycles. The van der Waals surface area contributed by atoms with Gasteiger partial charge < -0.3 is 0 Å². The van der Waals surface area contributed by atoms with Crippen LogP contribution >= 0.6 is 0 Å². The fourth-order valence-corrected chi connectivity index (χ4v) is 2.32. The van der Waals surface area contributed by atoms with E-state index >= 15 is 0 Å². The minimum atomic E-state index is 0.552. The summed E-state index contributed by atoms with van der Waals surface area (Å²) in [5, 5.41) is 7.67. The van der Waals surface area contributed by atoms with Crippen LogP contribution in [0, 0.1) is 12.3 Å². The molecule has 0 unspecified atom stereocenters. The Bertz CT molecular complexity index is 356. The molecule has 1 radical (unpaired) electrons. The molecule has 0 amide bonds. The molecule has 0 saturated carbocycles. The summed E-state index contributed by atoms with van der Waals surface area (Å²) in [5.41, 5.74) is 5.14. The SMILES string of the molecule is CCc1c(C)ccc(C(=N)[Se])c1CC. The monoisotopic (exact) mass is 254 g/mol. The molecule has 1 nitrogen and oxygen atoms in total. The van der Waals surface area contributed by atoms with E-state index in [-0.39, 0.29) is 0 Å². The molecule has 1 aromatic rings. The quantitative estimate of drug-likeness (QED) is 0.632. The molecule has 1 rings (SSSR count). The molecule has 2 heteroatoms. The van der Waals surface area contributed by atoms with Gasteiger partial charge in [0, 0.05) is 0 Å². The third-order valence-corrected chi connectivity index (χ3v) is 3.08. The number of benzene rings is 1. The Kier molecular flexibility index (Phi) is 3.91. The van der Waals surface area contributed by atoms with Crippen LogP contribution in [-0.2, 0) is 12.8 Å². The first-order valence-corrected chi connectivity index (χ1v) is 5.84. The molecule has 0 aliphatic rings. The van der Waals surface area contributed by atoms with Crippen molar-refractivity contribution in [2.45, 2.75) is 33.6 Å². The summed E-state index contributed by atoms with van der Waals surface area (Å²) in [6.45, 7) is 6.47. The van der Waals surface area contributed by atoms with Gasteiger partial charge in [-0.05, 0) is 0 Å². The van der Waals surface area contributed by atoms with Crippen LogP contribution in [0.5, 0.6) is 0 Å². The molecule has 1 N–H and O–H groups in total. The number of hydrogen-bond donors (Lipinski definition) is 1. The molecule has 0 saturated heterocycles. The van der Waals surface area contributed by atoms with E-state index in [1.54, 1.807) is 0 Å². The Morgan fingerprint density at radius 1 is 1.21 bits per heavy atom. The predicted octanol–water partition coefficient (Wildman–Crippen LogP) is 2.61. The fraction of sp³-hybridized carbons (Fsp3) is 0.417. The van der Waals surface area contributed by atoms with Gasteiger partial charge in [0.2, 0.25) is 0 Å². The summed E-state index contributed by atoms with van der Waals surface area (Å²) >= 11 is 2.79. The number of hydrogen-bond acceptors (Lipinski definition) is 1. The molecule has 0 atom stereocenters. The van der Waals surface area contributed by atoms with Crippen molar-refractivity contribution >= 4 is 20.6 Å². The Morgan fingerprint density at radius 3 is 2.21 bits per heavy atom. The van der Waals surface area contributed by atoms with Gasteiger partial charge in [-0.15, -0.1) is 0 Å². The molecule has 0 aliphatic heterocycles. The second-order valence-electron chi connectivity index (χ2n) is 3.42. The van der Waals surface area contributed by atoms with Gasteiger partial charge in [-0.3, -0.25) is 0 Å². The zero-order chi connectivity index (χ0) is 10.7. The topological polar surface area (TPSA) is 23.9 Å². The van der Waals surface area contributed by atoms with Crippen LogP contribution in [-0.4, -0.2) is 20.6 Å². The Morgan fingerprint density at radius 2 is 1.79 bits per heavy atom. The average molecular weight is 253 g/mol. The first kappa shape index (κ1) is 11.5. The molecular weight excluding hydrogens is 237 g/mol. The van der Waals surface area contributed by atoms with Crippen LogP contribution in [0.15, 0.2) is 12.1 Å². The summed E-state index contributed by atoms with van der Waals surface area (Å²) in [5.74, 6) is 0. The molecule has 0 spiro atoms. The van der Waals surface area contributed by atoms with Gasteiger partial charge in [0.25, 0.3) is 0 Å². The molecule has 75 valence electrons. The number of aryl methyl sites for hydroxylation is 1.